The zero-order valence-corrected chi connectivity index (χ0v) is 10.2. The highest BCUT2D eigenvalue weighted by atomic mass is 32.2. The number of aliphatic hydroxyl groups excluding tert-OH is 1. The fourth-order valence-electron chi connectivity index (χ4n) is 1.81. The Morgan fingerprint density at radius 2 is 1.89 bits per heavy atom. The smallest absolute Gasteiger partial charge is 0.325 e. The number of rotatable bonds is 2. The summed E-state index contributed by atoms with van der Waals surface area (Å²) in [6.07, 6.45) is 1.05. The predicted octanol–water partition coefficient (Wildman–Crippen LogP) is -1.79. The van der Waals surface area contributed by atoms with E-state index in [0.29, 0.717) is 12.8 Å². The molecule has 0 spiro atoms. The van der Waals surface area contributed by atoms with Gasteiger partial charge in [0.15, 0.2) is 4.90 Å². The van der Waals surface area contributed by atoms with Gasteiger partial charge in [0.2, 0.25) is 10.0 Å². The normalized spacial score (nSPS) is 18.9. The van der Waals surface area contributed by atoms with Crippen molar-refractivity contribution in [3.8, 4) is 0 Å². The number of aromatic amines is 2. The Kier molecular flexibility index (Phi) is 3.37. The summed E-state index contributed by atoms with van der Waals surface area (Å²) in [6, 6.07) is 0. The second kappa shape index (κ2) is 4.67. The zero-order valence-electron chi connectivity index (χ0n) is 9.42. The molecule has 2 heterocycles. The van der Waals surface area contributed by atoms with Crippen LogP contribution >= 0.6 is 0 Å². The van der Waals surface area contributed by atoms with Crippen LogP contribution in [0.4, 0.5) is 0 Å². The average molecular weight is 275 g/mol. The molecule has 0 radical (unpaired) electrons. The highest BCUT2D eigenvalue weighted by Crippen LogP contribution is 2.17. The molecular weight excluding hydrogens is 262 g/mol. The van der Waals surface area contributed by atoms with Gasteiger partial charge in [-0.25, -0.2) is 13.2 Å². The molecule has 0 saturated carbocycles. The minimum atomic E-state index is -3.92. The van der Waals surface area contributed by atoms with E-state index in [1.54, 1.807) is 0 Å². The Morgan fingerprint density at radius 3 is 2.44 bits per heavy atom. The molecule has 0 atom stereocenters. The molecule has 8 nitrogen and oxygen atoms in total. The molecule has 9 heteroatoms. The van der Waals surface area contributed by atoms with Crippen LogP contribution in [-0.2, 0) is 10.0 Å². The monoisotopic (exact) mass is 275 g/mol. The van der Waals surface area contributed by atoms with E-state index < -0.39 is 32.3 Å². The second-order valence-corrected chi connectivity index (χ2v) is 5.98. The number of nitrogens with one attached hydrogen (secondary N) is 2. The molecule has 2 rings (SSSR count). The van der Waals surface area contributed by atoms with Crippen LogP contribution in [0.5, 0.6) is 0 Å². The van der Waals surface area contributed by atoms with E-state index in [4.69, 9.17) is 0 Å². The van der Waals surface area contributed by atoms with E-state index >= 15 is 0 Å². The zero-order chi connectivity index (χ0) is 13.3. The molecule has 1 aliphatic heterocycles. The van der Waals surface area contributed by atoms with Gasteiger partial charge in [0.05, 0.1) is 6.10 Å². The van der Waals surface area contributed by atoms with Crippen molar-refractivity contribution in [1.82, 2.24) is 14.3 Å². The lowest BCUT2D eigenvalue weighted by Crippen LogP contribution is -2.42. The van der Waals surface area contributed by atoms with Crippen molar-refractivity contribution in [2.24, 2.45) is 0 Å². The Balaban J connectivity index is 2.37. The molecule has 0 bridgehead atoms. The van der Waals surface area contributed by atoms with E-state index in [2.05, 4.69) is 4.98 Å². The average Bonchev–Trinajstić information content (AvgIpc) is 2.29. The number of aliphatic hydroxyl groups is 1. The van der Waals surface area contributed by atoms with Gasteiger partial charge in [0.25, 0.3) is 5.56 Å². The van der Waals surface area contributed by atoms with Gasteiger partial charge in [-0.15, -0.1) is 0 Å². The number of piperidine rings is 1. The summed E-state index contributed by atoms with van der Waals surface area (Å²) >= 11 is 0. The van der Waals surface area contributed by atoms with Gasteiger partial charge >= 0.3 is 5.69 Å². The number of hydrogen-bond acceptors (Lipinski definition) is 5. The molecule has 18 heavy (non-hydrogen) atoms. The molecule has 1 aromatic heterocycles. The standard InChI is InChI=1S/C9H13N3O5S/c13-6-1-3-12(4-2-6)18(16,17)7-5-10-9(15)11-8(7)14/h5-6,13H,1-4H2,(H2,10,11,14,15). The maximum atomic E-state index is 12.1. The quantitative estimate of drug-likeness (QED) is 0.588. The maximum absolute atomic E-state index is 12.1. The Morgan fingerprint density at radius 1 is 1.28 bits per heavy atom. The first kappa shape index (κ1) is 13.0. The molecular formula is C9H13N3O5S. The Labute approximate surface area is 102 Å². The third kappa shape index (κ3) is 2.37. The van der Waals surface area contributed by atoms with Crippen molar-refractivity contribution < 1.29 is 13.5 Å². The van der Waals surface area contributed by atoms with Crippen molar-refractivity contribution in [3.63, 3.8) is 0 Å². The predicted molar refractivity (Wildman–Crippen MR) is 61.7 cm³/mol. The van der Waals surface area contributed by atoms with Gasteiger partial charge in [0.1, 0.15) is 0 Å². The summed E-state index contributed by atoms with van der Waals surface area (Å²) in [5.74, 6) is 0. The van der Waals surface area contributed by atoms with Gasteiger partial charge in [-0.2, -0.15) is 4.31 Å². The lowest BCUT2D eigenvalue weighted by Gasteiger charge is -2.28. The van der Waals surface area contributed by atoms with Gasteiger partial charge in [-0.3, -0.25) is 9.78 Å². The highest BCUT2D eigenvalue weighted by Gasteiger charge is 2.30. The van der Waals surface area contributed by atoms with Crippen LogP contribution in [0.3, 0.4) is 0 Å². The van der Waals surface area contributed by atoms with Crippen molar-refractivity contribution in [3.05, 3.63) is 27.0 Å². The third-order valence-corrected chi connectivity index (χ3v) is 4.73. The van der Waals surface area contributed by atoms with Crippen LogP contribution in [0.25, 0.3) is 0 Å². The van der Waals surface area contributed by atoms with E-state index in [1.807, 2.05) is 4.98 Å². The van der Waals surface area contributed by atoms with Crippen molar-refractivity contribution in [2.75, 3.05) is 13.1 Å². The molecule has 0 unspecified atom stereocenters. The van der Waals surface area contributed by atoms with Crippen LogP contribution in [0, 0.1) is 0 Å². The van der Waals surface area contributed by atoms with Crippen LogP contribution in [0.2, 0.25) is 0 Å². The lowest BCUT2D eigenvalue weighted by molar-refractivity contribution is 0.113. The molecule has 3 N–H and O–H groups in total. The largest absolute Gasteiger partial charge is 0.393 e. The summed E-state index contributed by atoms with van der Waals surface area (Å²) < 4.78 is 25.4. The summed E-state index contributed by atoms with van der Waals surface area (Å²) in [7, 11) is -3.92. The molecule has 1 aromatic rings. The SMILES string of the molecule is O=c1[nH]cc(S(=O)(=O)N2CCC(O)CC2)c(=O)[nH]1. The second-order valence-electron chi connectivity index (χ2n) is 4.07. The maximum Gasteiger partial charge on any atom is 0.325 e. The fraction of sp³-hybridized carbons (Fsp3) is 0.556. The highest BCUT2D eigenvalue weighted by molar-refractivity contribution is 7.89. The van der Waals surface area contributed by atoms with Crippen molar-refractivity contribution in [2.45, 2.75) is 23.8 Å². The third-order valence-electron chi connectivity index (χ3n) is 2.83. The lowest BCUT2D eigenvalue weighted by atomic mass is 10.1. The van der Waals surface area contributed by atoms with Gasteiger partial charge in [-0.05, 0) is 12.8 Å². The summed E-state index contributed by atoms with van der Waals surface area (Å²) in [5, 5.41) is 9.32. The first-order valence-corrected chi connectivity index (χ1v) is 6.85. The Bertz CT molecular complexity index is 639. The molecule has 0 aliphatic carbocycles. The molecule has 100 valence electrons. The number of nitrogens with zero attached hydrogens (tertiary/aromatic N) is 1. The number of H-pyrrole nitrogens is 2. The van der Waals surface area contributed by atoms with E-state index in [9.17, 15) is 23.1 Å². The van der Waals surface area contributed by atoms with Crippen LogP contribution in [0.1, 0.15) is 12.8 Å². The summed E-state index contributed by atoms with van der Waals surface area (Å²) in [6.45, 7) is 0.310. The van der Waals surface area contributed by atoms with Crippen LogP contribution in [0.15, 0.2) is 20.7 Å². The Hall–Kier alpha value is -1.45. The number of hydrogen-bond donors (Lipinski definition) is 3. The van der Waals surface area contributed by atoms with Gasteiger partial charge in [0, 0.05) is 19.3 Å². The molecule has 1 aliphatic rings. The summed E-state index contributed by atoms with van der Waals surface area (Å²) in [5.41, 5.74) is -1.70. The van der Waals surface area contributed by atoms with Gasteiger partial charge in [-0.1, -0.05) is 0 Å². The van der Waals surface area contributed by atoms with E-state index in [0.717, 1.165) is 10.5 Å². The number of aromatic nitrogens is 2. The topological polar surface area (TPSA) is 123 Å². The van der Waals surface area contributed by atoms with E-state index in [1.165, 1.54) is 0 Å². The van der Waals surface area contributed by atoms with Crippen molar-refractivity contribution >= 4 is 10.0 Å². The van der Waals surface area contributed by atoms with E-state index in [-0.39, 0.29) is 13.1 Å². The minimum Gasteiger partial charge on any atom is -0.393 e. The molecule has 1 fully saturated rings. The molecule has 1 saturated heterocycles. The summed E-state index contributed by atoms with van der Waals surface area (Å²) in [4.78, 5) is 25.8. The first-order valence-electron chi connectivity index (χ1n) is 5.41. The fourth-order valence-corrected chi connectivity index (χ4v) is 3.27. The minimum absolute atomic E-state index is 0.155. The van der Waals surface area contributed by atoms with Gasteiger partial charge < -0.3 is 10.1 Å². The number of sulfonamides is 1. The molecule has 0 amide bonds. The van der Waals surface area contributed by atoms with Crippen LogP contribution in [-0.4, -0.2) is 47.0 Å². The first-order chi connectivity index (χ1) is 8.41. The van der Waals surface area contributed by atoms with Crippen LogP contribution < -0.4 is 11.2 Å². The molecule has 0 aromatic carbocycles. The van der Waals surface area contributed by atoms with Crippen molar-refractivity contribution in [1.29, 1.82) is 0 Å².